The number of carbonyl (C=O) groups is 3. The Hall–Kier alpha value is -1.83. The summed E-state index contributed by atoms with van der Waals surface area (Å²) in [7, 11) is 1.39. The van der Waals surface area contributed by atoms with Crippen LogP contribution in [0, 0.1) is 0 Å². The monoisotopic (exact) mass is 532 g/mol. The van der Waals surface area contributed by atoms with Crippen molar-refractivity contribution in [3.05, 3.63) is 0 Å². The minimum absolute atomic E-state index is 0.0124. The van der Waals surface area contributed by atoms with E-state index in [0.29, 0.717) is 0 Å². The molecule has 1 spiro atoms. The molecule has 0 saturated carbocycles. The molecule has 3 saturated heterocycles. The van der Waals surface area contributed by atoms with E-state index in [4.69, 9.17) is 33.2 Å². The molecule has 0 amide bonds. The van der Waals surface area contributed by atoms with Crippen LogP contribution in [-0.4, -0.2) is 93.6 Å². The Bertz CT molecular complexity index is 927. The highest BCUT2D eigenvalue weighted by molar-refractivity contribution is 5.99. The molecule has 0 unspecified atom stereocenters. The largest absolute Gasteiger partial charge is 0.458 e. The van der Waals surface area contributed by atoms with E-state index in [9.17, 15) is 24.6 Å². The predicted molar refractivity (Wildman–Crippen MR) is 125 cm³/mol. The second-order valence-corrected chi connectivity index (χ2v) is 12.7. The molecule has 2 N–H and O–H groups in total. The summed E-state index contributed by atoms with van der Waals surface area (Å²) in [6, 6.07) is 0. The maximum absolute atomic E-state index is 13.9. The number of fused-ring (bicyclic) bond motifs is 1. The summed E-state index contributed by atoms with van der Waals surface area (Å²) in [5.74, 6) is -5.83. The maximum atomic E-state index is 13.9. The van der Waals surface area contributed by atoms with Crippen LogP contribution in [0.2, 0.25) is 0 Å². The van der Waals surface area contributed by atoms with Crippen molar-refractivity contribution in [2.75, 3.05) is 7.11 Å². The molecular weight excluding hydrogens is 492 g/mol. The topological polar surface area (TPSA) is 156 Å². The van der Waals surface area contributed by atoms with Crippen molar-refractivity contribution in [2.24, 2.45) is 0 Å². The molecule has 0 radical (unpaired) electrons. The van der Waals surface area contributed by atoms with Crippen molar-refractivity contribution in [1.29, 1.82) is 0 Å². The average Bonchev–Trinajstić information content (AvgIpc) is 2.93. The van der Waals surface area contributed by atoms with E-state index in [-0.39, 0.29) is 12.8 Å². The van der Waals surface area contributed by atoms with E-state index in [0.717, 1.165) is 0 Å². The smallest absolute Gasteiger partial charge is 0.346 e. The molecule has 3 fully saturated rings. The summed E-state index contributed by atoms with van der Waals surface area (Å²) in [4.78, 5) is 41.1. The Morgan fingerprint density at radius 1 is 0.865 bits per heavy atom. The minimum atomic E-state index is -3.24. The Morgan fingerprint density at radius 3 is 1.86 bits per heavy atom. The summed E-state index contributed by atoms with van der Waals surface area (Å²) in [6.07, 6.45) is -6.27. The first kappa shape index (κ1) is 29.7. The number of esters is 3. The highest BCUT2D eigenvalue weighted by Crippen LogP contribution is 2.58. The van der Waals surface area contributed by atoms with Gasteiger partial charge in [0.05, 0.1) is 0 Å². The van der Waals surface area contributed by atoms with Gasteiger partial charge < -0.3 is 43.4 Å². The van der Waals surface area contributed by atoms with Crippen molar-refractivity contribution < 1.29 is 57.8 Å². The lowest BCUT2D eigenvalue weighted by Gasteiger charge is -2.51. The van der Waals surface area contributed by atoms with E-state index in [1.165, 1.54) is 27.9 Å². The van der Waals surface area contributed by atoms with E-state index in [1.807, 2.05) is 0 Å². The van der Waals surface area contributed by atoms with Gasteiger partial charge in [-0.25, -0.2) is 14.4 Å². The zero-order valence-electron chi connectivity index (χ0n) is 23.2. The minimum Gasteiger partial charge on any atom is -0.458 e. The first-order valence-corrected chi connectivity index (χ1v) is 12.3. The molecular formula is C25H40O12. The lowest BCUT2D eigenvalue weighted by atomic mass is 9.74. The lowest BCUT2D eigenvalue weighted by molar-refractivity contribution is -0.395. The fourth-order valence-corrected chi connectivity index (χ4v) is 4.73. The van der Waals surface area contributed by atoms with Gasteiger partial charge in [-0.2, -0.15) is 0 Å². The van der Waals surface area contributed by atoms with E-state index < -0.39 is 76.3 Å². The van der Waals surface area contributed by atoms with Crippen molar-refractivity contribution in [3.8, 4) is 0 Å². The third-order valence-electron chi connectivity index (χ3n) is 6.06. The van der Waals surface area contributed by atoms with Crippen LogP contribution in [0.25, 0.3) is 0 Å². The molecule has 0 aromatic rings. The normalized spacial score (nSPS) is 37.9. The van der Waals surface area contributed by atoms with Gasteiger partial charge in [0, 0.05) is 20.0 Å². The van der Waals surface area contributed by atoms with Crippen molar-refractivity contribution >= 4 is 17.9 Å². The zero-order valence-corrected chi connectivity index (χ0v) is 23.2. The zero-order chi connectivity index (χ0) is 28.4. The van der Waals surface area contributed by atoms with Crippen LogP contribution in [0.4, 0.5) is 0 Å². The number of hydrogen-bond donors (Lipinski definition) is 2. The molecule has 212 valence electrons. The molecule has 7 atom stereocenters. The Morgan fingerprint density at radius 2 is 1.38 bits per heavy atom. The van der Waals surface area contributed by atoms with Crippen LogP contribution in [0.1, 0.15) is 75.2 Å². The van der Waals surface area contributed by atoms with Gasteiger partial charge in [0.2, 0.25) is 23.1 Å². The number of carbonyl (C=O) groups excluding carboxylic acids is 3. The quantitative estimate of drug-likeness (QED) is 0.393. The van der Waals surface area contributed by atoms with Crippen molar-refractivity contribution in [1.82, 2.24) is 0 Å². The summed E-state index contributed by atoms with van der Waals surface area (Å²) in [5, 5.41) is 23.8. The third-order valence-corrected chi connectivity index (χ3v) is 6.06. The van der Waals surface area contributed by atoms with Gasteiger partial charge >= 0.3 is 17.9 Å². The highest BCUT2D eigenvalue weighted by atomic mass is 16.8. The number of aliphatic hydroxyl groups excluding tert-OH is 1. The molecule has 3 heterocycles. The van der Waals surface area contributed by atoms with Crippen LogP contribution in [0.15, 0.2) is 0 Å². The Kier molecular flexibility index (Phi) is 7.33. The number of methoxy groups -OCH3 is 1. The predicted octanol–water partition coefficient (Wildman–Crippen LogP) is 1.12. The molecule has 3 aliphatic rings. The number of hydrogen-bond acceptors (Lipinski definition) is 12. The van der Waals surface area contributed by atoms with E-state index in [2.05, 4.69) is 0 Å². The molecule has 0 aromatic carbocycles. The van der Waals surface area contributed by atoms with Gasteiger partial charge in [0.25, 0.3) is 0 Å². The summed E-state index contributed by atoms with van der Waals surface area (Å²) in [6.45, 7) is 14.0. The highest BCUT2D eigenvalue weighted by Gasteiger charge is 2.86. The van der Waals surface area contributed by atoms with Crippen LogP contribution >= 0.6 is 0 Å². The van der Waals surface area contributed by atoms with E-state index in [1.54, 1.807) is 41.5 Å². The fraction of sp³-hybridized carbons (Fsp3) is 0.880. The summed E-state index contributed by atoms with van der Waals surface area (Å²) < 4.78 is 39.6. The molecule has 3 rings (SSSR count). The maximum Gasteiger partial charge on any atom is 0.346 e. The molecule has 12 heteroatoms. The fourth-order valence-electron chi connectivity index (χ4n) is 4.73. The summed E-state index contributed by atoms with van der Waals surface area (Å²) >= 11 is 0. The second kappa shape index (κ2) is 9.13. The van der Waals surface area contributed by atoms with Crippen LogP contribution in [-0.2, 0) is 47.5 Å². The van der Waals surface area contributed by atoms with Crippen LogP contribution in [0.5, 0.6) is 0 Å². The average molecular weight is 533 g/mol. The Labute approximate surface area is 216 Å². The van der Waals surface area contributed by atoms with Gasteiger partial charge in [-0.15, -0.1) is 0 Å². The van der Waals surface area contributed by atoms with Gasteiger partial charge in [0.15, 0.2) is 6.29 Å². The second-order valence-electron chi connectivity index (χ2n) is 12.7. The van der Waals surface area contributed by atoms with Crippen LogP contribution < -0.4 is 0 Å². The first-order valence-electron chi connectivity index (χ1n) is 12.3. The Balaban J connectivity index is 2.29. The molecule has 12 nitrogen and oxygen atoms in total. The lowest BCUT2D eigenvalue weighted by Crippen LogP contribution is -2.79. The van der Waals surface area contributed by atoms with Crippen molar-refractivity contribution in [3.63, 3.8) is 0 Å². The SMILES string of the molecule is CO[C@@H]1CC[C@]23O[C@H](C(=O)OC(C)(C)C)[C@@](O)(C(=O)OC(C)(C)C)[C@](C(=O)OC(C)(C)C)(O2)[C@H](O)[C@H]3O1. The molecule has 3 aliphatic heterocycles. The molecule has 0 aliphatic carbocycles. The number of ether oxygens (including phenoxy) is 7. The van der Waals surface area contributed by atoms with E-state index >= 15 is 0 Å². The molecule has 0 aromatic heterocycles. The van der Waals surface area contributed by atoms with Crippen LogP contribution in [0.3, 0.4) is 0 Å². The first-order chi connectivity index (χ1) is 16.6. The van der Waals surface area contributed by atoms with Crippen molar-refractivity contribution in [2.45, 2.75) is 134 Å². The third kappa shape index (κ3) is 5.11. The molecule has 37 heavy (non-hydrogen) atoms. The van der Waals surface area contributed by atoms with Gasteiger partial charge in [0.1, 0.15) is 29.0 Å². The van der Waals surface area contributed by atoms with Gasteiger partial charge in [-0.3, -0.25) is 0 Å². The van der Waals surface area contributed by atoms with Gasteiger partial charge in [-0.05, 0) is 62.3 Å². The van der Waals surface area contributed by atoms with Gasteiger partial charge in [-0.1, -0.05) is 0 Å². The standard InChI is InChI=1S/C25H40O12/c1-20(2,3)34-17(27)16-24(30,18(28)35-21(4,5)6)25(19(29)36-22(7,8)9)14(26)15-23(33-16,37-25)12-11-13(31-10)32-15/h13-16,26,30H,11-12H2,1-10H3/t13-,14+,15+,16+,23-,24+,25-/m0/s1. The molecule has 2 bridgehead atoms. The number of aliphatic hydroxyl groups is 2. The number of rotatable bonds is 4. The summed E-state index contributed by atoms with van der Waals surface area (Å²) in [5.41, 5.74) is -9.50.